The third kappa shape index (κ3) is 8.85. The number of ether oxygens (including phenoxy) is 5. The van der Waals surface area contributed by atoms with Crippen LogP contribution >= 0.6 is 0 Å². The molecule has 1 amide bonds. The van der Waals surface area contributed by atoms with Gasteiger partial charge in [0.2, 0.25) is 0 Å². The zero-order chi connectivity index (χ0) is 33.7. The summed E-state index contributed by atoms with van der Waals surface area (Å²) in [7, 11) is 6.71. The van der Waals surface area contributed by atoms with E-state index in [0.717, 1.165) is 28.9 Å². The molecule has 0 radical (unpaired) electrons. The number of nitrogens with zero attached hydrogens (tertiary/aromatic N) is 3. The predicted octanol–water partition coefficient (Wildman–Crippen LogP) is 4.53. The third-order valence-electron chi connectivity index (χ3n) is 7.93. The van der Waals surface area contributed by atoms with Crippen molar-refractivity contribution in [2.24, 2.45) is 9.98 Å². The number of carbonyl (C=O) groups excluding carboxylic acids is 1. The van der Waals surface area contributed by atoms with Gasteiger partial charge in [-0.1, -0.05) is 24.0 Å². The van der Waals surface area contributed by atoms with Crippen molar-refractivity contribution >= 4 is 29.6 Å². The van der Waals surface area contributed by atoms with E-state index in [0.29, 0.717) is 74.3 Å². The SMILES string of the molecule is CNCC#CC1=CN[C@H](C=NC/C=C(\COC)OCCCOc2cc3c(cc2OC)C(=O)N2C=C(c4ccc(OC)cc4)C[C@H]2C=N3)C1. The molecule has 2 atom stereocenters. The van der Waals surface area contributed by atoms with Crippen molar-refractivity contribution in [3.8, 4) is 29.1 Å². The van der Waals surface area contributed by atoms with Crippen LogP contribution in [0.1, 0.15) is 35.2 Å². The monoisotopic (exact) mass is 653 g/mol. The second kappa shape index (κ2) is 17.2. The summed E-state index contributed by atoms with van der Waals surface area (Å²) < 4.78 is 28.2. The summed E-state index contributed by atoms with van der Waals surface area (Å²) in [6.07, 6.45) is 11.6. The highest BCUT2D eigenvalue weighted by molar-refractivity contribution is 6.05. The predicted molar refractivity (Wildman–Crippen MR) is 187 cm³/mol. The number of aliphatic imine (C=N–C) groups is 2. The van der Waals surface area contributed by atoms with E-state index in [9.17, 15) is 4.79 Å². The van der Waals surface area contributed by atoms with Crippen LogP contribution in [0.5, 0.6) is 17.2 Å². The van der Waals surface area contributed by atoms with E-state index < -0.39 is 0 Å². The van der Waals surface area contributed by atoms with Crippen LogP contribution in [-0.4, -0.2) is 96.6 Å². The van der Waals surface area contributed by atoms with E-state index in [1.54, 1.807) is 38.4 Å². The zero-order valence-electron chi connectivity index (χ0n) is 28.0. The number of fused-ring (bicyclic) bond motifs is 2. The number of rotatable bonds is 15. The molecular formula is C37H43N5O6. The molecule has 0 fully saturated rings. The Bertz CT molecular complexity index is 1650. The molecule has 0 spiro atoms. The Labute approximate surface area is 282 Å². The number of amides is 1. The topological polar surface area (TPSA) is 115 Å². The van der Waals surface area contributed by atoms with Crippen molar-refractivity contribution in [1.82, 2.24) is 15.5 Å². The van der Waals surface area contributed by atoms with Gasteiger partial charge in [-0.2, -0.15) is 0 Å². The normalized spacial score (nSPS) is 18.3. The lowest BCUT2D eigenvalue weighted by Gasteiger charge is -2.19. The van der Waals surface area contributed by atoms with Gasteiger partial charge in [-0.15, -0.1) is 0 Å². The van der Waals surface area contributed by atoms with Crippen LogP contribution in [0.15, 0.2) is 76.2 Å². The maximum absolute atomic E-state index is 13.6. The average Bonchev–Trinajstić information content (AvgIpc) is 3.73. The standard InChI is InChI=1S/C37H43N5O6/c1-38-13-5-7-26-17-29(40-21-26)22-39-14-12-32(25-44-2)47-15-6-16-48-36-20-34-33(19-35(36)46-4)37(43)42-24-28(18-30(42)23-41-34)27-8-10-31(45-3)11-9-27/h8-12,19-24,29-30,38,40H,6,13-18,25H2,1-4H3/b32-12+,39-22?/t29-,30-/m0/s1. The van der Waals surface area contributed by atoms with E-state index in [1.807, 2.05) is 62.2 Å². The highest BCUT2D eigenvalue weighted by atomic mass is 16.5. The second-order valence-corrected chi connectivity index (χ2v) is 11.3. The molecule has 3 heterocycles. The van der Waals surface area contributed by atoms with Crippen LogP contribution in [0, 0.1) is 11.8 Å². The maximum Gasteiger partial charge on any atom is 0.260 e. The number of hydrogen-bond donors (Lipinski definition) is 2. The lowest BCUT2D eigenvalue weighted by Crippen LogP contribution is -2.32. The van der Waals surface area contributed by atoms with E-state index in [1.165, 1.54) is 0 Å². The van der Waals surface area contributed by atoms with E-state index in [-0.39, 0.29) is 18.0 Å². The van der Waals surface area contributed by atoms with Gasteiger partial charge < -0.3 is 39.2 Å². The molecular weight excluding hydrogens is 610 g/mol. The summed E-state index contributed by atoms with van der Waals surface area (Å²) in [5.41, 5.74) is 4.20. The van der Waals surface area contributed by atoms with Gasteiger partial charge in [-0.3, -0.25) is 14.8 Å². The summed E-state index contributed by atoms with van der Waals surface area (Å²) in [5, 5.41) is 6.31. The van der Waals surface area contributed by atoms with Gasteiger partial charge in [0.1, 0.15) is 18.1 Å². The first-order valence-electron chi connectivity index (χ1n) is 16.0. The van der Waals surface area contributed by atoms with Gasteiger partial charge in [-0.25, -0.2) is 0 Å². The van der Waals surface area contributed by atoms with Crippen molar-refractivity contribution in [3.63, 3.8) is 0 Å². The maximum atomic E-state index is 13.6. The molecule has 0 aliphatic carbocycles. The summed E-state index contributed by atoms with van der Waals surface area (Å²) in [4.78, 5) is 24.6. The number of methoxy groups -OCH3 is 3. The molecule has 0 saturated carbocycles. The van der Waals surface area contributed by atoms with E-state index in [4.69, 9.17) is 23.7 Å². The Kier molecular flexibility index (Phi) is 12.3. The Morgan fingerprint density at radius 3 is 2.75 bits per heavy atom. The second-order valence-electron chi connectivity index (χ2n) is 11.3. The Balaban J connectivity index is 1.12. The zero-order valence-corrected chi connectivity index (χ0v) is 28.0. The lowest BCUT2D eigenvalue weighted by molar-refractivity contribution is 0.0817. The first-order chi connectivity index (χ1) is 23.5. The van der Waals surface area contributed by atoms with Gasteiger partial charge in [0, 0.05) is 62.8 Å². The minimum absolute atomic E-state index is 0.133. The van der Waals surface area contributed by atoms with Crippen molar-refractivity contribution in [3.05, 3.63) is 77.3 Å². The molecule has 5 rings (SSSR count). The summed E-state index contributed by atoms with van der Waals surface area (Å²) >= 11 is 0. The van der Waals surface area contributed by atoms with Crippen LogP contribution in [0.4, 0.5) is 5.69 Å². The summed E-state index contributed by atoms with van der Waals surface area (Å²) in [6, 6.07) is 11.3. The molecule has 3 aliphatic heterocycles. The van der Waals surface area contributed by atoms with E-state index >= 15 is 0 Å². The number of carbonyl (C=O) groups is 1. The van der Waals surface area contributed by atoms with Gasteiger partial charge in [0.05, 0.1) is 63.9 Å². The molecule has 2 aromatic carbocycles. The van der Waals surface area contributed by atoms with Crippen LogP contribution in [-0.2, 0) is 9.47 Å². The highest BCUT2D eigenvalue weighted by Gasteiger charge is 2.33. The fourth-order valence-corrected chi connectivity index (χ4v) is 5.46. The molecule has 48 heavy (non-hydrogen) atoms. The van der Waals surface area contributed by atoms with Gasteiger partial charge >= 0.3 is 0 Å². The molecule has 252 valence electrons. The summed E-state index contributed by atoms with van der Waals surface area (Å²) in [6.45, 7) is 2.32. The largest absolute Gasteiger partial charge is 0.497 e. The summed E-state index contributed by atoms with van der Waals surface area (Å²) in [5.74, 6) is 8.59. The van der Waals surface area contributed by atoms with Gasteiger partial charge in [0.15, 0.2) is 11.5 Å². The van der Waals surface area contributed by atoms with Crippen molar-refractivity contribution in [1.29, 1.82) is 0 Å². The Morgan fingerprint density at radius 2 is 1.98 bits per heavy atom. The lowest BCUT2D eigenvalue weighted by atomic mass is 10.0. The van der Waals surface area contributed by atoms with Gasteiger partial charge in [-0.05, 0) is 42.5 Å². The minimum atomic E-state index is -0.174. The average molecular weight is 654 g/mol. The minimum Gasteiger partial charge on any atom is -0.497 e. The Morgan fingerprint density at radius 1 is 1.12 bits per heavy atom. The molecule has 3 aliphatic rings. The molecule has 11 heteroatoms. The Hall–Kier alpha value is -5.05. The molecule has 0 saturated heterocycles. The number of nitrogens with one attached hydrogen (secondary N) is 2. The molecule has 2 N–H and O–H groups in total. The van der Waals surface area contributed by atoms with Crippen molar-refractivity contribution in [2.75, 3.05) is 61.3 Å². The van der Waals surface area contributed by atoms with Crippen molar-refractivity contribution in [2.45, 2.75) is 31.3 Å². The van der Waals surface area contributed by atoms with Crippen molar-refractivity contribution < 1.29 is 28.5 Å². The molecule has 11 nitrogen and oxygen atoms in total. The fraction of sp³-hybridized carbons (Fsp3) is 0.378. The number of benzene rings is 2. The van der Waals surface area contributed by atoms with Crippen LogP contribution in [0.2, 0.25) is 0 Å². The highest BCUT2D eigenvalue weighted by Crippen LogP contribution is 2.40. The fourth-order valence-electron chi connectivity index (χ4n) is 5.46. The first kappa shape index (κ1) is 34.3. The van der Waals surface area contributed by atoms with Crippen LogP contribution in [0.3, 0.4) is 0 Å². The van der Waals surface area contributed by atoms with Crippen LogP contribution in [0.25, 0.3) is 5.57 Å². The molecule has 0 aromatic heterocycles. The third-order valence-corrected chi connectivity index (χ3v) is 7.93. The van der Waals surface area contributed by atoms with Crippen LogP contribution < -0.4 is 24.8 Å². The molecule has 0 unspecified atom stereocenters. The molecule has 2 aromatic rings. The quantitative estimate of drug-likeness (QED) is 0.125. The number of hydrogen-bond acceptors (Lipinski definition) is 10. The molecule has 0 bridgehead atoms. The smallest absolute Gasteiger partial charge is 0.260 e. The van der Waals surface area contributed by atoms with Gasteiger partial charge in [0.25, 0.3) is 5.91 Å². The first-order valence-corrected chi connectivity index (χ1v) is 16.0. The van der Waals surface area contributed by atoms with E-state index in [2.05, 4.69) is 32.5 Å².